The van der Waals surface area contributed by atoms with Gasteiger partial charge in [-0.3, -0.25) is 14.7 Å². The number of carbonyl (C=O) groups is 1. The molecule has 178 valence electrons. The molecule has 3 saturated heterocycles. The Labute approximate surface area is 202 Å². The van der Waals surface area contributed by atoms with Gasteiger partial charge < -0.3 is 10.1 Å². The van der Waals surface area contributed by atoms with Crippen LogP contribution in [0, 0.1) is 11.8 Å². The third-order valence-electron chi connectivity index (χ3n) is 7.58. The highest BCUT2D eigenvalue weighted by atomic mass is 16.5. The largest absolute Gasteiger partial charge is 0.497 e. The number of ether oxygens (including phenoxy) is 1. The summed E-state index contributed by atoms with van der Waals surface area (Å²) in [6.07, 6.45) is 5.85. The van der Waals surface area contributed by atoms with E-state index in [0.717, 1.165) is 48.1 Å². The average Bonchev–Trinajstić information content (AvgIpc) is 3.40. The van der Waals surface area contributed by atoms with E-state index in [-0.39, 0.29) is 18.0 Å². The van der Waals surface area contributed by atoms with Crippen molar-refractivity contribution in [3.8, 4) is 5.75 Å². The van der Waals surface area contributed by atoms with Crippen molar-refractivity contribution < 1.29 is 9.53 Å². The molecule has 2 bridgehead atoms. The van der Waals surface area contributed by atoms with Crippen molar-refractivity contribution in [1.82, 2.24) is 35.2 Å². The second-order valence-corrected chi connectivity index (χ2v) is 9.34. The number of piperidine rings is 3. The van der Waals surface area contributed by atoms with Gasteiger partial charge in [0.2, 0.25) is 0 Å². The number of pyridine rings is 2. The minimum Gasteiger partial charge on any atom is -0.497 e. The fourth-order valence-corrected chi connectivity index (χ4v) is 5.81. The Balaban J connectivity index is 1.50. The number of carbonyl (C=O) groups excluding carboxylic acids is 1. The Morgan fingerprint density at radius 1 is 1.29 bits per heavy atom. The molecular weight excluding hydrogens is 442 g/mol. The normalized spacial score (nSPS) is 24.4. The van der Waals surface area contributed by atoms with Gasteiger partial charge in [-0.05, 0) is 83.6 Å². The zero-order valence-corrected chi connectivity index (χ0v) is 19.5. The number of amides is 1. The van der Waals surface area contributed by atoms with Crippen LogP contribution in [-0.2, 0) is 0 Å². The molecule has 9 nitrogen and oxygen atoms in total. The smallest absolute Gasteiger partial charge is 0.270 e. The molecule has 1 aromatic carbocycles. The predicted octanol–water partition coefficient (Wildman–Crippen LogP) is 3.05. The van der Waals surface area contributed by atoms with Gasteiger partial charge in [0.05, 0.1) is 18.7 Å². The molecule has 1 N–H and O–H groups in total. The Kier molecular flexibility index (Phi) is 5.41. The number of hydrogen-bond donors (Lipinski definition) is 1. The summed E-state index contributed by atoms with van der Waals surface area (Å²) in [5, 5.41) is 16.6. The highest BCUT2D eigenvalue weighted by molar-refractivity contribution is 5.93. The lowest BCUT2D eigenvalue weighted by Crippen LogP contribution is -2.57. The minimum atomic E-state index is -0.283. The molecule has 0 spiro atoms. The van der Waals surface area contributed by atoms with Crippen LogP contribution in [0.3, 0.4) is 0 Å². The number of fused-ring (bicyclic) bond motifs is 6. The maximum Gasteiger partial charge on any atom is 0.270 e. The molecule has 9 heteroatoms. The van der Waals surface area contributed by atoms with Crippen LogP contribution in [0.25, 0.3) is 16.6 Å². The van der Waals surface area contributed by atoms with Crippen molar-refractivity contribution in [2.45, 2.75) is 24.9 Å². The van der Waals surface area contributed by atoms with E-state index in [1.54, 1.807) is 23.9 Å². The second-order valence-electron chi connectivity index (χ2n) is 9.34. The first-order valence-electron chi connectivity index (χ1n) is 11.9. The summed E-state index contributed by atoms with van der Waals surface area (Å²) < 4.78 is 7.26. The molecule has 3 aromatic heterocycles. The number of hydrogen-bond acceptors (Lipinski definition) is 7. The SMILES string of the molecule is C=C[C@H]1CN2CC[C@H]1C[C@@H]2[C@H](NC(=O)c1ccccn1)c1cc2nnnn2c2ccc(OC)cc12. The van der Waals surface area contributed by atoms with Crippen molar-refractivity contribution in [3.05, 3.63) is 72.6 Å². The van der Waals surface area contributed by atoms with Gasteiger partial charge in [0, 0.05) is 24.2 Å². The van der Waals surface area contributed by atoms with Gasteiger partial charge in [-0.2, -0.15) is 4.52 Å². The highest BCUT2D eigenvalue weighted by Gasteiger charge is 2.43. The monoisotopic (exact) mass is 469 g/mol. The first-order valence-corrected chi connectivity index (χ1v) is 11.9. The van der Waals surface area contributed by atoms with Crippen LogP contribution < -0.4 is 10.1 Å². The number of benzene rings is 1. The molecule has 35 heavy (non-hydrogen) atoms. The van der Waals surface area contributed by atoms with E-state index in [2.05, 4.69) is 43.4 Å². The molecule has 1 amide bonds. The number of methoxy groups -OCH3 is 1. The third kappa shape index (κ3) is 3.72. The molecule has 3 aliphatic rings. The van der Waals surface area contributed by atoms with E-state index in [9.17, 15) is 4.79 Å². The van der Waals surface area contributed by atoms with Crippen LogP contribution in [0.1, 0.15) is 34.9 Å². The molecule has 0 saturated carbocycles. The summed E-state index contributed by atoms with van der Waals surface area (Å²) in [5.41, 5.74) is 2.86. The molecule has 4 aromatic rings. The van der Waals surface area contributed by atoms with E-state index < -0.39 is 0 Å². The summed E-state index contributed by atoms with van der Waals surface area (Å²) >= 11 is 0. The van der Waals surface area contributed by atoms with E-state index in [1.165, 1.54) is 0 Å². The van der Waals surface area contributed by atoms with Crippen LogP contribution in [0.2, 0.25) is 0 Å². The number of nitrogens with zero attached hydrogens (tertiary/aromatic N) is 6. The molecule has 0 radical (unpaired) electrons. The van der Waals surface area contributed by atoms with Gasteiger partial charge in [-0.1, -0.05) is 12.1 Å². The topological polar surface area (TPSA) is 97.5 Å². The molecule has 3 aliphatic heterocycles. The lowest BCUT2D eigenvalue weighted by molar-refractivity contribution is 0.00168. The Hall–Kier alpha value is -3.85. The van der Waals surface area contributed by atoms with Crippen molar-refractivity contribution in [1.29, 1.82) is 0 Å². The second kappa shape index (κ2) is 8.74. The minimum absolute atomic E-state index is 0.130. The maximum atomic E-state index is 13.4. The Morgan fingerprint density at radius 2 is 2.20 bits per heavy atom. The number of nitrogens with one attached hydrogen (secondary N) is 1. The lowest BCUT2D eigenvalue weighted by atomic mass is 9.73. The predicted molar refractivity (Wildman–Crippen MR) is 131 cm³/mol. The molecule has 0 aliphatic carbocycles. The number of tetrazole rings is 1. The summed E-state index contributed by atoms with van der Waals surface area (Å²) in [5.74, 6) is 1.57. The highest BCUT2D eigenvalue weighted by Crippen LogP contribution is 2.42. The first-order chi connectivity index (χ1) is 17.2. The summed E-state index contributed by atoms with van der Waals surface area (Å²) in [6.45, 7) is 6.02. The van der Waals surface area contributed by atoms with Gasteiger partial charge in [0.25, 0.3) is 5.91 Å². The van der Waals surface area contributed by atoms with Gasteiger partial charge >= 0.3 is 0 Å². The van der Waals surface area contributed by atoms with E-state index >= 15 is 0 Å². The molecular formula is C26H27N7O2. The number of rotatable bonds is 6. The fourth-order valence-electron chi connectivity index (χ4n) is 5.81. The maximum absolute atomic E-state index is 13.4. The molecule has 6 heterocycles. The van der Waals surface area contributed by atoms with Crippen molar-refractivity contribution in [3.63, 3.8) is 0 Å². The van der Waals surface area contributed by atoms with Crippen molar-refractivity contribution in [2.75, 3.05) is 20.2 Å². The van der Waals surface area contributed by atoms with Crippen LogP contribution in [0.5, 0.6) is 5.75 Å². The third-order valence-corrected chi connectivity index (χ3v) is 7.58. The van der Waals surface area contributed by atoms with E-state index in [1.807, 2.05) is 36.4 Å². The van der Waals surface area contributed by atoms with Crippen LogP contribution in [-0.4, -0.2) is 62.1 Å². The Bertz CT molecular complexity index is 1400. The van der Waals surface area contributed by atoms with Crippen LogP contribution >= 0.6 is 0 Å². The summed E-state index contributed by atoms with van der Waals surface area (Å²) in [4.78, 5) is 20.2. The van der Waals surface area contributed by atoms with Gasteiger partial charge in [0.15, 0.2) is 5.65 Å². The summed E-state index contributed by atoms with van der Waals surface area (Å²) in [7, 11) is 1.65. The number of aromatic nitrogens is 5. The Morgan fingerprint density at radius 3 is 2.94 bits per heavy atom. The van der Waals surface area contributed by atoms with Gasteiger partial charge in [-0.25, -0.2) is 0 Å². The van der Waals surface area contributed by atoms with E-state index in [0.29, 0.717) is 23.2 Å². The average molecular weight is 470 g/mol. The lowest BCUT2D eigenvalue weighted by Gasteiger charge is -2.51. The van der Waals surface area contributed by atoms with Crippen molar-refractivity contribution >= 4 is 22.5 Å². The molecule has 1 unspecified atom stereocenters. The quantitative estimate of drug-likeness (QED) is 0.434. The van der Waals surface area contributed by atoms with Gasteiger partial charge in [-0.15, -0.1) is 11.7 Å². The van der Waals surface area contributed by atoms with Crippen LogP contribution in [0.15, 0.2) is 61.3 Å². The first kappa shape index (κ1) is 21.7. The van der Waals surface area contributed by atoms with E-state index in [4.69, 9.17) is 4.74 Å². The zero-order chi connectivity index (χ0) is 23.9. The standard InChI is InChI=1S/C26H27N7O2/c1-3-16-15-32-11-9-17(16)12-23(32)25(28-26(34)21-6-4-5-10-27-21)20-14-24-29-30-31-33(24)22-8-7-18(35-2)13-19(20)22/h3-8,10,13-14,16-17,23,25H,1,9,11-12,15H2,2H3,(H,28,34)/t16-,17-,23+,25+/m0/s1. The van der Waals surface area contributed by atoms with Crippen LogP contribution in [0.4, 0.5) is 0 Å². The molecule has 5 atom stereocenters. The van der Waals surface area contributed by atoms with Gasteiger partial charge in [0.1, 0.15) is 11.4 Å². The zero-order valence-electron chi connectivity index (χ0n) is 19.5. The molecule has 7 rings (SSSR count). The van der Waals surface area contributed by atoms with Crippen molar-refractivity contribution in [2.24, 2.45) is 11.8 Å². The fraction of sp³-hybridized carbons (Fsp3) is 0.346. The molecule has 3 fully saturated rings. The summed E-state index contributed by atoms with van der Waals surface area (Å²) in [6, 6.07) is 13.1.